The molecule has 4 heteroatoms. The van der Waals surface area contributed by atoms with Crippen LogP contribution in [0.15, 0.2) is 0 Å². The summed E-state index contributed by atoms with van der Waals surface area (Å²) in [5, 5.41) is 6.77. The van der Waals surface area contributed by atoms with Crippen LogP contribution in [-0.2, 0) is 10.0 Å². The zero-order valence-electron chi connectivity index (χ0n) is 7.84. The van der Waals surface area contributed by atoms with E-state index in [1.54, 1.807) is 0 Å². The van der Waals surface area contributed by atoms with E-state index in [0.29, 0.717) is 0 Å². The van der Waals surface area contributed by atoms with Gasteiger partial charge >= 0.3 is 0 Å². The Morgan fingerprint density at radius 1 is 1.33 bits per heavy atom. The van der Waals surface area contributed by atoms with Crippen LogP contribution in [-0.4, -0.2) is 14.2 Å². The summed E-state index contributed by atoms with van der Waals surface area (Å²) in [5.41, 5.74) is 0. The lowest BCUT2D eigenvalue weighted by Crippen LogP contribution is -2.15. The Morgan fingerprint density at radius 3 is 2.25 bits per heavy atom. The van der Waals surface area contributed by atoms with Crippen molar-refractivity contribution in [3.05, 3.63) is 0 Å². The van der Waals surface area contributed by atoms with Crippen molar-refractivity contribution in [2.24, 2.45) is 5.92 Å². The lowest BCUT2D eigenvalue weighted by Gasteiger charge is -2.11. The van der Waals surface area contributed by atoms with E-state index in [2.05, 4.69) is 6.92 Å². The first kappa shape index (κ1) is 11.9. The molecular formula is C8H18NO2S. The third kappa shape index (κ3) is 6.61. The second kappa shape index (κ2) is 5.54. The van der Waals surface area contributed by atoms with Gasteiger partial charge in [-0.3, -0.25) is 0 Å². The predicted octanol–water partition coefficient (Wildman–Crippen LogP) is 1.82. The minimum atomic E-state index is -3.52. The number of sulfonamides is 1. The zero-order valence-corrected chi connectivity index (χ0v) is 8.65. The Morgan fingerprint density at radius 2 is 1.92 bits per heavy atom. The highest BCUT2D eigenvalue weighted by Crippen LogP contribution is 2.13. The van der Waals surface area contributed by atoms with E-state index in [1.165, 1.54) is 0 Å². The van der Waals surface area contributed by atoms with Crippen LogP contribution in [0.1, 0.15) is 39.5 Å². The molecule has 0 saturated heterocycles. The van der Waals surface area contributed by atoms with Crippen molar-refractivity contribution in [2.75, 3.05) is 5.75 Å². The average molecular weight is 192 g/mol. The van der Waals surface area contributed by atoms with Gasteiger partial charge in [-0.05, 0) is 12.3 Å². The van der Waals surface area contributed by atoms with Crippen LogP contribution >= 0.6 is 0 Å². The summed E-state index contributed by atoms with van der Waals surface area (Å²) in [6.07, 6.45) is 3.95. The molecule has 1 radical (unpaired) electrons. The van der Waals surface area contributed by atoms with E-state index in [9.17, 15) is 8.42 Å². The summed E-state index contributed by atoms with van der Waals surface area (Å²) in [4.78, 5) is 0. The van der Waals surface area contributed by atoms with Crippen LogP contribution in [0, 0.1) is 5.92 Å². The Balaban J connectivity index is 3.83. The molecule has 0 saturated carbocycles. The third-order valence-corrected chi connectivity index (χ3v) is 2.91. The maximum Gasteiger partial charge on any atom is 0.225 e. The number of hydrogen-bond acceptors (Lipinski definition) is 2. The molecule has 0 aliphatic rings. The number of hydrogen-bond donors (Lipinski definition) is 0. The Kier molecular flexibility index (Phi) is 5.50. The monoisotopic (exact) mass is 192 g/mol. The second-order valence-electron chi connectivity index (χ2n) is 3.20. The van der Waals surface area contributed by atoms with Gasteiger partial charge in [0.05, 0.1) is 5.75 Å². The SMILES string of the molecule is CCCCC(CC)CS([NH])(=O)=O. The lowest BCUT2D eigenvalue weighted by atomic mass is 10.0. The topological polar surface area (TPSA) is 57.9 Å². The highest BCUT2D eigenvalue weighted by atomic mass is 32.2. The molecule has 0 aromatic heterocycles. The molecule has 3 nitrogen and oxygen atoms in total. The first-order chi connectivity index (χ1) is 5.49. The largest absolute Gasteiger partial charge is 0.225 e. The quantitative estimate of drug-likeness (QED) is 0.644. The Labute approximate surface area is 75.4 Å². The van der Waals surface area contributed by atoms with Crippen molar-refractivity contribution in [1.82, 2.24) is 5.14 Å². The van der Waals surface area contributed by atoms with E-state index < -0.39 is 10.0 Å². The Hall–Kier alpha value is -0.0900. The van der Waals surface area contributed by atoms with Crippen LogP contribution in [0.3, 0.4) is 0 Å². The number of nitrogens with one attached hydrogen (secondary N) is 1. The molecule has 0 aliphatic heterocycles. The summed E-state index contributed by atoms with van der Waals surface area (Å²) >= 11 is 0. The van der Waals surface area contributed by atoms with Gasteiger partial charge < -0.3 is 0 Å². The van der Waals surface area contributed by atoms with Crippen molar-refractivity contribution in [3.63, 3.8) is 0 Å². The molecule has 0 spiro atoms. The van der Waals surface area contributed by atoms with Crippen molar-refractivity contribution < 1.29 is 8.42 Å². The summed E-state index contributed by atoms with van der Waals surface area (Å²) in [5.74, 6) is 0.219. The molecule has 0 fully saturated rings. The molecule has 0 rings (SSSR count). The summed E-state index contributed by atoms with van der Waals surface area (Å²) in [6.45, 7) is 4.06. The van der Waals surface area contributed by atoms with Gasteiger partial charge in [-0.2, -0.15) is 0 Å². The fourth-order valence-corrected chi connectivity index (χ4v) is 2.23. The molecule has 1 atom stereocenters. The highest BCUT2D eigenvalue weighted by Gasteiger charge is 2.13. The van der Waals surface area contributed by atoms with E-state index >= 15 is 0 Å². The van der Waals surface area contributed by atoms with Gasteiger partial charge in [-0.25, -0.2) is 8.42 Å². The molecule has 0 aromatic rings. The smallest absolute Gasteiger partial charge is 0.211 e. The van der Waals surface area contributed by atoms with Crippen LogP contribution in [0.2, 0.25) is 0 Å². The van der Waals surface area contributed by atoms with E-state index in [-0.39, 0.29) is 11.7 Å². The van der Waals surface area contributed by atoms with Crippen molar-refractivity contribution in [1.29, 1.82) is 0 Å². The maximum atomic E-state index is 10.6. The van der Waals surface area contributed by atoms with Crippen molar-refractivity contribution in [2.45, 2.75) is 39.5 Å². The summed E-state index contributed by atoms with van der Waals surface area (Å²) < 4.78 is 21.3. The van der Waals surface area contributed by atoms with E-state index in [1.807, 2.05) is 6.92 Å². The van der Waals surface area contributed by atoms with Crippen LogP contribution < -0.4 is 5.14 Å². The molecule has 0 amide bonds. The molecule has 0 heterocycles. The summed E-state index contributed by atoms with van der Waals surface area (Å²) in [6, 6.07) is 0. The summed E-state index contributed by atoms with van der Waals surface area (Å²) in [7, 11) is -3.52. The molecule has 0 aromatic carbocycles. The molecule has 0 aliphatic carbocycles. The van der Waals surface area contributed by atoms with Gasteiger partial charge in [0.2, 0.25) is 10.0 Å². The molecule has 73 valence electrons. The van der Waals surface area contributed by atoms with Crippen molar-refractivity contribution >= 4 is 10.0 Å². The maximum absolute atomic E-state index is 10.6. The molecule has 0 bridgehead atoms. The van der Waals surface area contributed by atoms with E-state index in [0.717, 1.165) is 25.7 Å². The van der Waals surface area contributed by atoms with Gasteiger partial charge in [0.15, 0.2) is 0 Å². The van der Waals surface area contributed by atoms with Gasteiger partial charge in [0.1, 0.15) is 0 Å². The van der Waals surface area contributed by atoms with Gasteiger partial charge in [0.25, 0.3) is 0 Å². The number of rotatable bonds is 6. The number of unbranched alkanes of at least 4 members (excludes halogenated alkanes) is 1. The van der Waals surface area contributed by atoms with Gasteiger partial charge in [0, 0.05) is 0 Å². The second-order valence-corrected chi connectivity index (χ2v) is 4.76. The first-order valence-corrected chi connectivity index (χ1v) is 6.12. The fraction of sp³-hybridized carbons (Fsp3) is 1.00. The molecule has 1 unspecified atom stereocenters. The average Bonchev–Trinajstić information content (AvgIpc) is 1.95. The van der Waals surface area contributed by atoms with Crippen LogP contribution in [0.25, 0.3) is 0 Å². The van der Waals surface area contributed by atoms with E-state index in [4.69, 9.17) is 5.14 Å². The molecule has 1 N–H and O–H groups in total. The third-order valence-electron chi connectivity index (χ3n) is 2.00. The molecule has 12 heavy (non-hydrogen) atoms. The minimum Gasteiger partial charge on any atom is -0.211 e. The predicted molar refractivity (Wildman–Crippen MR) is 50.2 cm³/mol. The minimum absolute atomic E-state index is 0.0312. The lowest BCUT2D eigenvalue weighted by molar-refractivity contribution is 0.483. The standard InChI is InChI=1S/C8H18NO2S/c1-3-5-6-8(4-2)7-12(9,10)11/h8-9H,3-7H2,1-2H3. The zero-order chi connectivity index (χ0) is 9.61. The Bertz CT molecular complexity index is 199. The first-order valence-electron chi connectivity index (χ1n) is 4.47. The van der Waals surface area contributed by atoms with Gasteiger partial charge in [-0.1, -0.05) is 33.1 Å². The van der Waals surface area contributed by atoms with Crippen LogP contribution in [0.4, 0.5) is 0 Å². The highest BCUT2D eigenvalue weighted by molar-refractivity contribution is 7.88. The van der Waals surface area contributed by atoms with Crippen molar-refractivity contribution in [3.8, 4) is 0 Å². The molecular weight excluding hydrogens is 174 g/mol. The van der Waals surface area contributed by atoms with Crippen LogP contribution in [0.5, 0.6) is 0 Å². The fourth-order valence-electron chi connectivity index (χ4n) is 1.21. The normalized spacial score (nSPS) is 14.6. The van der Waals surface area contributed by atoms with Gasteiger partial charge in [-0.15, -0.1) is 5.14 Å².